The van der Waals surface area contributed by atoms with Crippen LogP contribution in [0, 0.1) is 6.92 Å². The Morgan fingerprint density at radius 2 is 2.05 bits per heavy atom. The summed E-state index contributed by atoms with van der Waals surface area (Å²) < 4.78 is 1.40. The van der Waals surface area contributed by atoms with E-state index in [4.69, 9.17) is 0 Å². The molecule has 0 bridgehead atoms. The zero-order valence-corrected chi connectivity index (χ0v) is 12.8. The second-order valence-electron chi connectivity index (χ2n) is 5.74. The summed E-state index contributed by atoms with van der Waals surface area (Å²) in [5.41, 5.74) is 1.93. The van der Waals surface area contributed by atoms with Crippen LogP contribution in [0.15, 0.2) is 35.1 Å². The predicted molar refractivity (Wildman–Crippen MR) is 84.5 cm³/mol. The van der Waals surface area contributed by atoms with Gasteiger partial charge in [0.1, 0.15) is 5.69 Å². The lowest BCUT2D eigenvalue weighted by atomic mass is 10.2. The summed E-state index contributed by atoms with van der Waals surface area (Å²) in [6.45, 7) is 3.70. The van der Waals surface area contributed by atoms with Crippen LogP contribution in [0.1, 0.15) is 22.5 Å². The largest absolute Gasteiger partial charge is 0.336 e. The molecule has 0 spiro atoms. The van der Waals surface area contributed by atoms with E-state index in [2.05, 4.69) is 10.4 Å². The highest BCUT2D eigenvalue weighted by Crippen LogP contribution is 2.11. The molecule has 1 fully saturated rings. The molecule has 1 saturated heterocycles. The van der Waals surface area contributed by atoms with Gasteiger partial charge in [-0.25, -0.2) is 4.68 Å². The maximum atomic E-state index is 12.5. The Hall–Kier alpha value is -2.34. The van der Waals surface area contributed by atoms with Crippen LogP contribution < -0.4 is 10.9 Å². The van der Waals surface area contributed by atoms with Gasteiger partial charge in [0.25, 0.3) is 11.5 Å². The monoisotopic (exact) mass is 300 g/mol. The van der Waals surface area contributed by atoms with Gasteiger partial charge in [0.15, 0.2) is 0 Å². The number of benzene rings is 1. The highest BCUT2D eigenvalue weighted by Gasteiger charge is 2.25. The van der Waals surface area contributed by atoms with Crippen LogP contribution in [-0.2, 0) is 0 Å². The average molecular weight is 300 g/mol. The number of amides is 1. The fourth-order valence-corrected chi connectivity index (χ4v) is 2.72. The van der Waals surface area contributed by atoms with Crippen LogP contribution in [-0.4, -0.2) is 46.8 Å². The molecule has 6 heteroatoms. The van der Waals surface area contributed by atoms with Crippen molar-refractivity contribution < 1.29 is 4.79 Å². The van der Waals surface area contributed by atoms with Crippen molar-refractivity contribution in [3.05, 3.63) is 51.9 Å². The third-order valence-electron chi connectivity index (χ3n) is 4.15. The van der Waals surface area contributed by atoms with E-state index >= 15 is 0 Å². The fourth-order valence-electron chi connectivity index (χ4n) is 2.72. The molecule has 22 heavy (non-hydrogen) atoms. The van der Waals surface area contributed by atoms with E-state index in [0.717, 1.165) is 30.8 Å². The standard InChI is InChI=1S/C16H20N4O2/c1-11-3-5-12(6-4-11)20-15(21)9-14(18-20)16(22)19(2)13-7-8-17-10-13/h3-6,9,13,17-18H,7-8,10H2,1-2H3. The van der Waals surface area contributed by atoms with Gasteiger partial charge in [-0.3, -0.25) is 14.7 Å². The number of H-pyrrole nitrogens is 1. The Morgan fingerprint density at radius 1 is 1.32 bits per heavy atom. The summed E-state index contributed by atoms with van der Waals surface area (Å²) in [4.78, 5) is 26.3. The summed E-state index contributed by atoms with van der Waals surface area (Å²) in [6, 6.07) is 9.11. The SMILES string of the molecule is Cc1ccc(-n2[nH]c(C(=O)N(C)C3CCNC3)cc2=O)cc1. The van der Waals surface area contributed by atoms with E-state index in [-0.39, 0.29) is 17.5 Å². The van der Waals surface area contributed by atoms with Crippen molar-refractivity contribution >= 4 is 5.91 Å². The van der Waals surface area contributed by atoms with E-state index in [9.17, 15) is 9.59 Å². The summed E-state index contributed by atoms with van der Waals surface area (Å²) in [6.07, 6.45) is 0.936. The molecule has 1 aromatic carbocycles. The van der Waals surface area contributed by atoms with Gasteiger partial charge in [-0.1, -0.05) is 17.7 Å². The minimum absolute atomic E-state index is 0.156. The normalized spacial score (nSPS) is 17.6. The number of rotatable bonds is 3. The van der Waals surface area contributed by atoms with Crippen molar-refractivity contribution in [3.8, 4) is 5.69 Å². The molecule has 6 nitrogen and oxygen atoms in total. The number of aromatic nitrogens is 2. The maximum absolute atomic E-state index is 12.5. The summed E-state index contributed by atoms with van der Waals surface area (Å²) in [7, 11) is 1.78. The second-order valence-corrected chi connectivity index (χ2v) is 5.74. The number of aryl methyl sites for hydroxylation is 1. The number of carbonyl (C=O) groups is 1. The Morgan fingerprint density at radius 3 is 2.68 bits per heavy atom. The zero-order valence-electron chi connectivity index (χ0n) is 12.8. The summed E-state index contributed by atoms with van der Waals surface area (Å²) >= 11 is 0. The van der Waals surface area contributed by atoms with E-state index in [1.807, 2.05) is 31.2 Å². The quantitative estimate of drug-likeness (QED) is 0.885. The first-order valence-electron chi connectivity index (χ1n) is 7.43. The summed E-state index contributed by atoms with van der Waals surface area (Å²) in [5, 5.41) is 6.15. The van der Waals surface area contributed by atoms with Crippen molar-refractivity contribution in [2.45, 2.75) is 19.4 Å². The van der Waals surface area contributed by atoms with Crippen LogP contribution in [0.5, 0.6) is 0 Å². The van der Waals surface area contributed by atoms with E-state index in [0.29, 0.717) is 5.69 Å². The first-order chi connectivity index (χ1) is 10.6. The minimum atomic E-state index is -0.231. The molecular formula is C16H20N4O2. The minimum Gasteiger partial charge on any atom is -0.336 e. The predicted octanol–water partition coefficient (Wildman–Crippen LogP) is 0.908. The van der Waals surface area contributed by atoms with Gasteiger partial charge in [-0.2, -0.15) is 0 Å². The first-order valence-corrected chi connectivity index (χ1v) is 7.43. The molecule has 0 saturated carbocycles. The lowest BCUT2D eigenvalue weighted by Gasteiger charge is -2.22. The number of hydrogen-bond acceptors (Lipinski definition) is 3. The fraction of sp³-hybridized carbons (Fsp3) is 0.375. The highest BCUT2D eigenvalue weighted by molar-refractivity contribution is 5.92. The van der Waals surface area contributed by atoms with Gasteiger partial charge < -0.3 is 10.2 Å². The third-order valence-corrected chi connectivity index (χ3v) is 4.15. The number of hydrogen-bond donors (Lipinski definition) is 2. The number of aromatic amines is 1. The number of carbonyl (C=O) groups excluding carboxylic acids is 1. The second kappa shape index (κ2) is 5.81. The average Bonchev–Trinajstić information content (AvgIpc) is 3.16. The molecule has 1 aliphatic rings. The van der Waals surface area contributed by atoms with Gasteiger partial charge in [-0.05, 0) is 32.0 Å². The molecule has 2 heterocycles. The smallest absolute Gasteiger partial charge is 0.271 e. The topological polar surface area (TPSA) is 70.1 Å². The number of nitrogens with one attached hydrogen (secondary N) is 2. The molecule has 1 unspecified atom stereocenters. The highest BCUT2D eigenvalue weighted by atomic mass is 16.2. The van der Waals surface area contributed by atoms with Gasteiger partial charge in [0.2, 0.25) is 0 Å². The number of nitrogens with zero attached hydrogens (tertiary/aromatic N) is 2. The van der Waals surface area contributed by atoms with Crippen LogP contribution in [0.2, 0.25) is 0 Å². The molecule has 3 rings (SSSR count). The van der Waals surface area contributed by atoms with Crippen LogP contribution in [0.25, 0.3) is 5.69 Å². The third kappa shape index (κ3) is 2.69. The van der Waals surface area contributed by atoms with E-state index in [1.54, 1.807) is 11.9 Å². The Balaban J connectivity index is 1.86. The van der Waals surface area contributed by atoms with Crippen LogP contribution >= 0.6 is 0 Å². The van der Waals surface area contributed by atoms with Crippen molar-refractivity contribution in [2.24, 2.45) is 0 Å². The lowest BCUT2D eigenvalue weighted by molar-refractivity contribution is 0.0737. The Labute approximate surface area is 128 Å². The Kier molecular flexibility index (Phi) is 3.85. The van der Waals surface area contributed by atoms with Crippen molar-refractivity contribution in [3.63, 3.8) is 0 Å². The van der Waals surface area contributed by atoms with Crippen molar-refractivity contribution in [2.75, 3.05) is 20.1 Å². The van der Waals surface area contributed by atoms with Gasteiger partial charge in [0.05, 0.1) is 5.69 Å². The molecule has 0 radical (unpaired) electrons. The number of likely N-dealkylation sites (N-methyl/N-ethyl adjacent to an activating group) is 1. The molecule has 0 aliphatic carbocycles. The van der Waals surface area contributed by atoms with Gasteiger partial charge in [-0.15, -0.1) is 0 Å². The molecule has 1 amide bonds. The van der Waals surface area contributed by atoms with Crippen LogP contribution in [0.3, 0.4) is 0 Å². The molecule has 116 valence electrons. The molecule has 2 N–H and O–H groups in total. The molecular weight excluding hydrogens is 280 g/mol. The maximum Gasteiger partial charge on any atom is 0.271 e. The molecule has 1 aromatic heterocycles. The molecule has 1 atom stereocenters. The molecule has 1 aliphatic heterocycles. The van der Waals surface area contributed by atoms with Crippen LogP contribution in [0.4, 0.5) is 0 Å². The van der Waals surface area contributed by atoms with Crippen molar-refractivity contribution in [1.82, 2.24) is 20.0 Å². The van der Waals surface area contributed by atoms with E-state index < -0.39 is 0 Å². The van der Waals surface area contributed by atoms with E-state index in [1.165, 1.54) is 10.7 Å². The zero-order chi connectivity index (χ0) is 15.7. The Bertz CT molecular complexity index is 723. The van der Waals surface area contributed by atoms with Gasteiger partial charge >= 0.3 is 0 Å². The molecule has 2 aromatic rings. The van der Waals surface area contributed by atoms with Gasteiger partial charge in [0, 0.05) is 25.7 Å². The lowest BCUT2D eigenvalue weighted by Crippen LogP contribution is -2.38. The summed E-state index contributed by atoms with van der Waals surface area (Å²) in [5.74, 6) is -0.156. The first kappa shape index (κ1) is 14.6. The van der Waals surface area contributed by atoms with Crippen molar-refractivity contribution in [1.29, 1.82) is 0 Å².